The molecule has 0 saturated carbocycles. The first-order chi connectivity index (χ1) is 8.62. The molecule has 0 radical (unpaired) electrons. The summed E-state index contributed by atoms with van der Waals surface area (Å²) in [7, 11) is 0. The summed E-state index contributed by atoms with van der Waals surface area (Å²) in [4.78, 5) is -0.844. The monoisotopic (exact) mass is 274 g/mol. The molecule has 4 unspecified atom stereocenters. The van der Waals surface area contributed by atoms with Gasteiger partial charge in [-0.2, -0.15) is 0 Å². The number of hydrogen-bond donors (Lipinski definition) is 2. The highest BCUT2D eigenvalue weighted by Gasteiger charge is 2.81. The fourth-order valence-corrected chi connectivity index (χ4v) is 5.95. The van der Waals surface area contributed by atoms with Gasteiger partial charge in [0.25, 0.3) is 0 Å². The summed E-state index contributed by atoms with van der Waals surface area (Å²) in [6.07, 6.45) is 8.64. The lowest BCUT2D eigenvalue weighted by Crippen LogP contribution is -2.50. The van der Waals surface area contributed by atoms with E-state index in [0.29, 0.717) is 5.25 Å². The Labute approximate surface area is 115 Å². The molecule has 0 aromatic heterocycles. The molecule has 1 aromatic carbocycles. The molecule has 4 N–H and O–H groups in total. The van der Waals surface area contributed by atoms with Crippen LogP contribution in [0.5, 0.6) is 0 Å². The minimum atomic E-state index is -0.453. The van der Waals surface area contributed by atoms with Crippen molar-refractivity contribution in [3.8, 4) is 0 Å². The summed E-state index contributed by atoms with van der Waals surface area (Å²) in [5.74, 6) is 0. The van der Waals surface area contributed by atoms with Crippen molar-refractivity contribution in [3.63, 3.8) is 0 Å². The van der Waals surface area contributed by atoms with Crippen molar-refractivity contribution in [3.05, 3.63) is 60.2 Å². The molecule has 4 heteroatoms. The lowest BCUT2D eigenvalue weighted by Gasteiger charge is -2.23. The fourth-order valence-electron chi connectivity index (χ4n) is 2.84. The zero-order chi connectivity index (χ0) is 12.4. The van der Waals surface area contributed by atoms with Crippen LogP contribution in [0.3, 0.4) is 0 Å². The van der Waals surface area contributed by atoms with Crippen LogP contribution in [0.2, 0.25) is 0 Å². The second kappa shape index (κ2) is 3.25. The van der Waals surface area contributed by atoms with Gasteiger partial charge in [-0.05, 0) is 5.56 Å². The summed E-state index contributed by atoms with van der Waals surface area (Å²) in [5.41, 5.74) is 14.3. The molecule has 4 atom stereocenters. The minimum absolute atomic E-state index is 0.00297. The van der Waals surface area contributed by atoms with Gasteiger partial charge in [0.2, 0.25) is 0 Å². The third kappa shape index (κ3) is 1.15. The lowest BCUT2D eigenvalue weighted by atomic mass is 9.86. The van der Waals surface area contributed by atoms with E-state index in [1.807, 2.05) is 30.0 Å². The van der Waals surface area contributed by atoms with Crippen LogP contribution in [-0.2, 0) is 4.87 Å². The highest BCUT2D eigenvalue weighted by Crippen LogP contribution is 2.79. The molecule has 0 amide bonds. The van der Waals surface area contributed by atoms with Gasteiger partial charge in [-0.25, -0.2) is 0 Å². The predicted octanol–water partition coefficient (Wildman–Crippen LogP) is 2.18. The van der Waals surface area contributed by atoms with E-state index in [-0.39, 0.29) is 4.75 Å². The summed E-state index contributed by atoms with van der Waals surface area (Å²) >= 11 is 3.60. The van der Waals surface area contributed by atoms with Crippen LogP contribution in [0.4, 0.5) is 0 Å². The zero-order valence-electron chi connectivity index (χ0n) is 9.74. The third-order valence-electron chi connectivity index (χ3n) is 4.04. The van der Waals surface area contributed by atoms with Crippen LogP contribution < -0.4 is 11.5 Å². The molecule has 0 spiro atoms. The van der Waals surface area contributed by atoms with E-state index >= 15 is 0 Å². The summed E-state index contributed by atoms with van der Waals surface area (Å²) in [6, 6.07) is 10.2. The normalized spacial score (nSPS) is 47.8. The highest BCUT2D eigenvalue weighted by molar-refractivity contribution is 8.14. The van der Waals surface area contributed by atoms with Crippen molar-refractivity contribution >= 4 is 23.5 Å². The number of benzene rings is 1. The van der Waals surface area contributed by atoms with Gasteiger partial charge in [0.05, 0.1) is 4.75 Å². The van der Waals surface area contributed by atoms with E-state index in [1.165, 1.54) is 0 Å². The van der Waals surface area contributed by atoms with E-state index in [4.69, 9.17) is 11.5 Å². The smallest absolute Gasteiger partial charge is 0.119 e. The van der Waals surface area contributed by atoms with Crippen molar-refractivity contribution in [2.75, 3.05) is 0 Å². The van der Waals surface area contributed by atoms with E-state index in [9.17, 15) is 0 Å². The molecular weight excluding hydrogens is 260 g/mol. The molecule has 18 heavy (non-hydrogen) atoms. The standard InChI is InChI=1S/C14H14N2S2/c15-13(10-6-2-1-3-7-10)14(16,18-13)12-9-5-4-8-11(12)17-12/h1-9,11H,15-16H2. The molecule has 2 fully saturated rings. The number of fused-ring (bicyclic) bond motifs is 1. The molecule has 1 aromatic rings. The van der Waals surface area contributed by atoms with Crippen LogP contribution in [0.25, 0.3) is 0 Å². The Morgan fingerprint density at radius 1 is 1.06 bits per heavy atom. The summed E-state index contributed by atoms with van der Waals surface area (Å²) in [5, 5.41) is 0.495. The van der Waals surface area contributed by atoms with E-state index in [0.717, 1.165) is 5.56 Å². The zero-order valence-corrected chi connectivity index (χ0v) is 11.4. The summed E-state index contributed by atoms with van der Waals surface area (Å²) in [6.45, 7) is 0. The molecule has 1 aliphatic carbocycles. The van der Waals surface area contributed by atoms with Gasteiger partial charge in [-0.3, -0.25) is 0 Å². The van der Waals surface area contributed by atoms with Crippen molar-refractivity contribution in [2.45, 2.75) is 19.7 Å². The molecule has 2 saturated heterocycles. The maximum Gasteiger partial charge on any atom is 0.119 e. The van der Waals surface area contributed by atoms with Crippen LogP contribution in [0, 0.1) is 0 Å². The molecule has 3 aliphatic rings. The Bertz CT molecular complexity index is 570. The summed E-state index contributed by atoms with van der Waals surface area (Å²) < 4.78 is -0.00297. The topological polar surface area (TPSA) is 52.0 Å². The van der Waals surface area contributed by atoms with Gasteiger partial charge in [0.1, 0.15) is 9.74 Å². The molecule has 2 heterocycles. The average molecular weight is 274 g/mol. The van der Waals surface area contributed by atoms with Crippen molar-refractivity contribution in [1.82, 2.24) is 0 Å². The van der Waals surface area contributed by atoms with Gasteiger partial charge in [-0.15, -0.1) is 23.5 Å². The molecular formula is C14H14N2S2. The van der Waals surface area contributed by atoms with Gasteiger partial charge >= 0.3 is 0 Å². The molecule has 0 bridgehead atoms. The SMILES string of the molecule is NC1(c2ccccc2)SC1(N)C12C=CC=CC1S2. The third-order valence-corrected chi connectivity index (χ3v) is 7.46. The largest absolute Gasteiger partial charge is 0.313 e. The van der Waals surface area contributed by atoms with Gasteiger partial charge in [-0.1, -0.05) is 54.6 Å². The van der Waals surface area contributed by atoms with E-state index in [2.05, 4.69) is 36.4 Å². The Morgan fingerprint density at radius 2 is 1.83 bits per heavy atom. The molecule has 92 valence electrons. The van der Waals surface area contributed by atoms with Gasteiger partial charge in [0.15, 0.2) is 0 Å². The van der Waals surface area contributed by atoms with E-state index in [1.54, 1.807) is 11.8 Å². The lowest BCUT2D eigenvalue weighted by molar-refractivity contribution is 0.499. The highest BCUT2D eigenvalue weighted by atomic mass is 32.2. The Morgan fingerprint density at radius 3 is 2.56 bits per heavy atom. The molecule has 2 aliphatic heterocycles. The van der Waals surface area contributed by atoms with E-state index < -0.39 is 9.74 Å². The first-order valence-electron chi connectivity index (χ1n) is 6.00. The van der Waals surface area contributed by atoms with Gasteiger partial charge < -0.3 is 11.5 Å². The molecule has 4 rings (SSSR count). The number of thioether (sulfide) groups is 2. The Balaban J connectivity index is 1.73. The Kier molecular flexibility index (Phi) is 2.02. The first-order valence-corrected chi connectivity index (χ1v) is 7.69. The maximum atomic E-state index is 6.64. The van der Waals surface area contributed by atoms with Crippen molar-refractivity contribution < 1.29 is 0 Å². The quantitative estimate of drug-likeness (QED) is 0.812. The van der Waals surface area contributed by atoms with Crippen LogP contribution in [-0.4, -0.2) is 14.9 Å². The fraction of sp³-hybridized carbons (Fsp3) is 0.286. The van der Waals surface area contributed by atoms with Gasteiger partial charge in [0, 0.05) is 5.25 Å². The number of hydrogen-bond acceptors (Lipinski definition) is 4. The number of rotatable bonds is 2. The van der Waals surface area contributed by atoms with Crippen molar-refractivity contribution in [2.24, 2.45) is 11.5 Å². The number of allylic oxidation sites excluding steroid dienone is 2. The maximum absolute atomic E-state index is 6.64. The second-order valence-electron chi connectivity index (χ2n) is 5.01. The molecule has 2 nitrogen and oxygen atoms in total. The van der Waals surface area contributed by atoms with Crippen LogP contribution >= 0.6 is 23.5 Å². The number of nitrogens with two attached hydrogens (primary N) is 2. The Hall–Kier alpha value is -0.680. The average Bonchev–Trinajstić information content (AvgIpc) is 3.26. The van der Waals surface area contributed by atoms with Crippen LogP contribution in [0.1, 0.15) is 5.56 Å². The van der Waals surface area contributed by atoms with Crippen molar-refractivity contribution in [1.29, 1.82) is 0 Å². The van der Waals surface area contributed by atoms with Crippen LogP contribution in [0.15, 0.2) is 54.6 Å². The second-order valence-corrected chi connectivity index (χ2v) is 7.93. The first kappa shape index (κ1) is 11.2. The minimum Gasteiger partial charge on any atom is -0.313 e. The predicted molar refractivity (Wildman–Crippen MR) is 79.2 cm³/mol.